The van der Waals surface area contributed by atoms with E-state index in [9.17, 15) is 8.42 Å². The second-order valence-electron chi connectivity index (χ2n) is 6.81. The van der Waals surface area contributed by atoms with E-state index in [4.69, 9.17) is 11.5 Å². The molecule has 1 saturated carbocycles. The summed E-state index contributed by atoms with van der Waals surface area (Å²) in [4.78, 5) is 0.346. The number of aryl methyl sites for hydroxylation is 2. The Bertz CT molecular complexity index is 823. The summed E-state index contributed by atoms with van der Waals surface area (Å²) in [7, 11) is -3.48. The molecule has 2 aromatic rings. The van der Waals surface area contributed by atoms with Gasteiger partial charge in [0.1, 0.15) is 0 Å². The van der Waals surface area contributed by atoms with Gasteiger partial charge in [0.05, 0.1) is 10.1 Å². The summed E-state index contributed by atoms with van der Waals surface area (Å²) in [5.41, 5.74) is 14.5. The van der Waals surface area contributed by atoms with Crippen molar-refractivity contribution in [1.29, 1.82) is 0 Å². The molecule has 0 saturated heterocycles. The lowest BCUT2D eigenvalue weighted by Crippen LogP contribution is -2.31. The monoisotopic (exact) mass is 344 g/mol. The van der Waals surface area contributed by atoms with Gasteiger partial charge in [-0.1, -0.05) is 47.5 Å². The summed E-state index contributed by atoms with van der Waals surface area (Å²) in [6, 6.07) is 15.0. The molecule has 2 atom stereocenters. The van der Waals surface area contributed by atoms with Crippen molar-refractivity contribution in [1.82, 2.24) is 0 Å². The molecule has 0 aromatic heterocycles. The summed E-state index contributed by atoms with van der Waals surface area (Å²) < 4.78 is 26.4. The van der Waals surface area contributed by atoms with E-state index in [1.54, 1.807) is 12.1 Å². The van der Waals surface area contributed by atoms with Crippen LogP contribution in [0.15, 0.2) is 53.4 Å². The minimum atomic E-state index is -3.48. The SMILES string of the molecule is Cc1ccc([C@@H]2[C@@H](S(=O)(=O)c3ccc(C)cc3)C2(CN)CN)cc1. The van der Waals surface area contributed by atoms with Gasteiger partial charge in [0.2, 0.25) is 0 Å². The number of nitrogens with two attached hydrogens (primary N) is 2. The molecule has 1 aliphatic carbocycles. The molecule has 0 radical (unpaired) electrons. The van der Waals surface area contributed by atoms with Crippen LogP contribution in [0.1, 0.15) is 22.6 Å². The lowest BCUT2D eigenvalue weighted by Gasteiger charge is -2.13. The quantitative estimate of drug-likeness (QED) is 0.870. The van der Waals surface area contributed by atoms with E-state index in [0.29, 0.717) is 4.90 Å². The van der Waals surface area contributed by atoms with Crippen molar-refractivity contribution >= 4 is 9.84 Å². The van der Waals surface area contributed by atoms with Gasteiger partial charge in [0, 0.05) is 24.4 Å². The van der Waals surface area contributed by atoms with Crippen LogP contribution < -0.4 is 11.5 Å². The van der Waals surface area contributed by atoms with Crippen molar-refractivity contribution < 1.29 is 8.42 Å². The van der Waals surface area contributed by atoms with E-state index in [2.05, 4.69) is 0 Å². The second kappa shape index (κ2) is 5.99. The Morgan fingerprint density at radius 3 is 1.79 bits per heavy atom. The average Bonchev–Trinajstić information content (AvgIpc) is 3.26. The molecule has 0 aliphatic heterocycles. The molecule has 1 aliphatic rings. The molecule has 0 unspecified atom stereocenters. The van der Waals surface area contributed by atoms with Crippen molar-refractivity contribution in [3.05, 3.63) is 65.2 Å². The summed E-state index contributed by atoms with van der Waals surface area (Å²) >= 11 is 0. The maximum absolute atomic E-state index is 13.2. The first kappa shape index (κ1) is 17.1. The molecular formula is C19H24N2O2S. The number of sulfone groups is 1. The van der Waals surface area contributed by atoms with Crippen LogP contribution >= 0.6 is 0 Å². The first-order valence-corrected chi connectivity index (χ1v) is 9.69. The van der Waals surface area contributed by atoms with Crippen molar-refractivity contribution in [3.8, 4) is 0 Å². The van der Waals surface area contributed by atoms with Gasteiger partial charge in [-0.2, -0.15) is 0 Å². The van der Waals surface area contributed by atoms with E-state index in [-0.39, 0.29) is 19.0 Å². The molecule has 0 heterocycles. The average molecular weight is 344 g/mol. The third-order valence-corrected chi connectivity index (χ3v) is 7.60. The summed E-state index contributed by atoms with van der Waals surface area (Å²) in [6.07, 6.45) is 0. The molecule has 2 aromatic carbocycles. The summed E-state index contributed by atoms with van der Waals surface area (Å²) in [5.74, 6) is -0.153. The summed E-state index contributed by atoms with van der Waals surface area (Å²) in [5, 5.41) is -0.564. The third-order valence-electron chi connectivity index (χ3n) is 5.26. The van der Waals surface area contributed by atoms with Crippen molar-refractivity contribution in [2.75, 3.05) is 13.1 Å². The van der Waals surface area contributed by atoms with Crippen LogP contribution in [-0.4, -0.2) is 26.8 Å². The lowest BCUT2D eigenvalue weighted by atomic mass is 9.99. The Morgan fingerprint density at radius 1 is 0.875 bits per heavy atom. The van der Waals surface area contributed by atoms with Gasteiger partial charge in [0.15, 0.2) is 9.84 Å². The topological polar surface area (TPSA) is 86.2 Å². The lowest BCUT2D eigenvalue weighted by molar-refractivity contribution is 0.510. The minimum Gasteiger partial charge on any atom is -0.330 e. The van der Waals surface area contributed by atoms with E-state index in [1.165, 1.54) is 0 Å². The normalized spacial score (nSPS) is 22.3. The van der Waals surface area contributed by atoms with E-state index >= 15 is 0 Å². The molecule has 4 nitrogen and oxygen atoms in total. The van der Waals surface area contributed by atoms with Gasteiger partial charge >= 0.3 is 0 Å². The fourth-order valence-corrected chi connectivity index (χ4v) is 6.14. The third kappa shape index (κ3) is 2.57. The van der Waals surface area contributed by atoms with Crippen molar-refractivity contribution in [3.63, 3.8) is 0 Å². The maximum Gasteiger partial charge on any atom is 0.182 e. The predicted octanol–water partition coefficient (Wildman–Crippen LogP) is 2.15. The first-order valence-electron chi connectivity index (χ1n) is 8.14. The van der Waals surface area contributed by atoms with Gasteiger partial charge in [-0.3, -0.25) is 0 Å². The van der Waals surface area contributed by atoms with Crippen LogP contribution in [0.25, 0.3) is 0 Å². The maximum atomic E-state index is 13.2. The number of hydrogen-bond donors (Lipinski definition) is 2. The van der Waals surface area contributed by atoms with Gasteiger partial charge in [-0.25, -0.2) is 8.42 Å². The number of hydrogen-bond acceptors (Lipinski definition) is 4. The van der Waals surface area contributed by atoms with Crippen LogP contribution in [0.5, 0.6) is 0 Å². The zero-order valence-corrected chi connectivity index (χ0v) is 14.9. The van der Waals surface area contributed by atoms with Gasteiger partial charge in [-0.15, -0.1) is 0 Å². The number of benzene rings is 2. The van der Waals surface area contributed by atoms with Crippen LogP contribution in [0.3, 0.4) is 0 Å². The fourth-order valence-electron chi connectivity index (χ4n) is 3.67. The van der Waals surface area contributed by atoms with Crippen LogP contribution in [0, 0.1) is 19.3 Å². The van der Waals surface area contributed by atoms with Crippen molar-refractivity contribution in [2.24, 2.45) is 16.9 Å². The molecule has 128 valence electrons. The molecule has 0 bridgehead atoms. The first-order chi connectivity index (χ1) is 11.4. The van der Waals surface area contributed by atoms with Crippen LogP contribution in [0.2, 0.25) is 0 Å². The highest BCUT2D eigenvalue weighted by Crippen LogP contribution is 2.62. The smallest absolute Gasteiger partial charge is 0.182 e. The molecular weight excluding hydrogens is 320 g/mol. The Morgan fingerprint density at radius 2 is 1.33 bits per heavy atom. The highest BCUT2D eigenvalue weighted by molar-refractivity contribution is 7.92. The summed E-state index contributed by atoms with van der Waals surface area (Å²) in [6.45, 7) is 4.47. The standard InChI is InChI=1S/C19H24N2O2S/c1-13-3-7-15(8-4-13)17-18(19(17,11-20)12-21)24(22,23)16-9-5-14(2)6-10-16/h3-10,17-18H,11-12,20-21H2,1-2H3/t17-,18-/m1/s1. The zero-order valence-electron chi connectivity index (χ0n) is 14.1. The molecule has 4 N–H and O–H groups in total. The molecule has 1 fully saturated rings. The Hall–Kier alpha value is -1.69. The minimum absolute atomic E-state index is 0.153. The Balaban J connectivity index is 2.04. The number of rotatable bonds is 5. The molecule has 5 heteroatoms. The highest BCUT2D eigenvalue weighted by atomic mass is 32.2. The van der Waals surface area contributed by atoms with E-state index in [1.807, 2.05) is 50.2 Å². The molecule has 24 heavy (non-hydrogen) atoms. The predicted molar refractivity (Wildman–Crippen MR) is 96.6 cm³/mol. The van der Waals surface area contributed by atoms with E-state index < -0.39 is 20.5 Å². The Labute approximate surface area is 143 Å². The van der Waals surface area contributed by atoms with Gasteiger partial charge in [0.25, 0.3) is 0 Å². The van der Waals surface area contributed by atoms with Gasteiger partial charge in [-0.05, 0) is 31.5 Å². The van der Waals surface area contributed by atoms with Crippen LogP contribution in [-0.2, 0) is 9.84 Å². The Kier molecular flexibility index (Phi) is 4.28. The van der Waals surface area contributed by atoms with Crippen LogP contribution in [0.4, 0.5) is 0 Å². The molecule has 0 amide bonds. The van der Waals surface area contributed by atoms with Crippen molar-refractivity contribution in [2.45, 2.75) is 29.9 Å². The van der Waals surface area contributed by atoms with Gasteiger partial charge < -0.3 is 11.5 Å². The highest BCUT2D eigenvalue weighted by Gasteiger charge is 2.69. The largest absolute Gasteiger partial charge is 0.330 e. The molecule has 0 spiro atoms. The fraction of sp³-hybridized carbons (Fsp3) is 0.368. The second-order valence-corrected chi connectivity index (χ2v) is 8.88. The van der Waals surface area contributed by atoms with E-state index in [0.717, 1.165) is 16.7 Å². The zero-order chi connectivity index (χ0) is 17.5. The molecule has 3 rings (SSSR count).